The van der Waals surface area contributed by atoms with Crippen molar-refractivity contribution in [1.82, 2.24) is 19.6 Å². The third-order valence-corrected chi connectivity index (χ3v) is 4.48. The van der Waals surface area contributed by atoms with Crippen molar-refractivity contribution in [2.45, 2.75) is 13.8 Å². The molecule has 4 aromatic heterocycles. The first-order valence-electron chi connectivity index (χ1n) is 8.74. The minimum absolute atomic E-state index is 0.297. The number of fused-ring (bicyclic) bond motifs is 1. The molecule has 4 heterocycles. The van der Waals surface area contributed by atoms with Gasteiger partial charge in [-0.05, 0) is 62.4 Å². The van der Waals surface area contributed by atoms with Crippen LogP contribution in [0.5, 0.6) is 0 Å². The molecule has 0 bridgehead atoms. The normalized spacial score (nSPS) is 11.4. The van der Waals surface area contributed by atoms with Gasteiger partial charge in [-0.25, -0.2) is 9.37 Å². The standard InChI is InChI=1S/C21H15FN4O2/c1-12-3-9-17(27-12)19-20(18-10-4-13(2)28-18)26-11-16(23-21(26)25-24-19)14-5-7-15(22)8-6-14/h3-11H,1-2H3. The van der Waals surface area contributed by atoms with Crippen molar-refractivity contribution in [3.63, 3.8) is 0 Å². The zero-order valence-electron chi connectivity index (χ0n) is 15.2. The second kappa shape index (κ2) is 6.16. The largest absolute Gasteiger partial charge is 0.460 e. The number of aryl methyl sites for hydroxylation is 2. The SMILES string of the molecule is Cc1ccc(-c2nnc3nc(-c4ccc(F)cc4)cn3c2-c2ccc(C)o2)o1. The number of hydrogen-bond acceptors (Lipinski definition) is 5. The maximum atomic E-state index is 13.3. The molecule has 0 aliphatic heterocycles. The van der Waals surface area contributed by atoms with E-state index >= 15 is 0 Å². The van der Waals surface area contributed by atoms with E-state index in [4.69, 9.17) is 8.83 Å². The number of furan rings is 2. The number of rotatable bonds is 3. The number of hydrogen-bond donors (Lipinski definition) is 0. The zero-order chi connectivity index (χ0) is 19.3. The molecule has 0 fully saturated rings. The second-order valence-electron chi connectivity index (χ2n) is 6.52. The van der Waals surface area contributed by atoms with Gasteiger partial charge in [-0.1, -0.05) is 0 Å². The van der Waals surface area contributed by atoms with E-state index in [1.165, 1.54) is 12.1 Å². The molecule has 6 nitrogen and oxygen atoms in total. The summed E-state index contributed by atoms with van der Waals surface area (Å²) in [5.74, 6) is 2.89. The van der Waals surface area contributed by atoms with Crippen LogP contribution in [-0.4, -0.2) is 19.6 Å². The molecule has 5 rings (SSSR count). The highest BCUT2D eigenvalue weighted by Crippen LogP contribution is 2.33. The van der Waals surface area contributed by atoms with Gasteiger partial charge in [0.2, 0.25) is 0 Å². The lowest BCUT2D eigenvalue weighted by Crippen LogP contribution is -2.00. The van der Waals surface area contributed by atoms with E-state index in [0.717, 1.165) is 17.1 Å². The quantitative estimate of drug-likeness (QED) is 0.441. The minimum Gasteiger partial charge on any atom is -0.460 e. The van der Waals surface area contributed by atoms with Gasteiger partial charge >= 0.3 is 0 Å². The summed E-state index contributed by atoms with van der Waals surface area (Å²) in [6.07, 6.45) is 1.84. The maximum absolute atomic E-state index is 13.3. The first-order valence-corrected chi connectivity index (χ1v) is 8.74. The van der Waals surface area contributed by atoms with Gasteiger partial charge in [-0.3, -0.25) is 4.40 Å². The van der Waals surface area contributed by atoms with Crippen LogP contribution >= 0.6 is 0 Å². The van der Waals surface area contributed by atoms with E-state index in [0.29, 0.717) is 34.4 Å². The lowest BCUT2D eigenvalue weighted by Gasteiger charge is -2.06. The Balaban J connectivity index is 1.77. The van der Waals surface area contributed by atoms with Crippen LogP contribution in [0.1, 0.15) is 11.5 Å². The van der Waals surface area contributed by atoms with Gasteiger partial charge in [0.1, 0.15) is 23.0 Å². The number of halogens is 1. The topological polar surface area (TPSA) is 69.4 Å². The van der Waals surface area contributed by atoms with Crippen LogP contribution in [0, 0.1) is 19.7 Å². The monoisotopic (exact) mass is 374 g/mol. The molecular weight excluding hydrogens is 359 g/mol. The smallest absolute Gasteiger partial charge is 0.254 e. The molecule has 1 aromatic carbocycles. The van der Waals surface area contributed by atoms with Crippen LogP contribution in [0.4, 0.5) is 4.39 Å². The molecule has 0 aliphatic carbocycles. The van der Waals surface area contributed by atoms with Gasteiger partial charge in [0.25, 0.3) is 5.78 Å². The molecule has 0 radical (unpaired) electrons. The highest BCUT2D eigenvalue weighted by Gasteiger charge is 2.21. The Hall–Kier alpha value is -3.74. The molecule has 7 heteroatoms. The Morgan fingerprint density at radius 2 is 1.50 bits per heavy atom. The van der Waals surface area contributed by atoms with Crippen molar-refractivity contribution >= 4 is 5.78 Å². The van der Waals surface area contributed by atoms with Crippen molar-refractivity contribution in [2.75, 3.05) is 0 Å². The van der Waals surface area contributed by atoms with Crippen LogP contribution in [0.25, 0.3) is 39.9 Å². The molecule has 0 spiro atoms. The van der Waals surface area contributed by atoms with Gasteiger partial charge in [-0.15, -0.1) is 10.2 Å². The molecule has 0 amide bonds. The van der Waals surface area contributed by atoms with Crippen molar-refractivity contribution in [3.05, 3.63) is 72.1 Å². The molecule has 0 aliphatic rings. The summed E-state index contributed by atoms with van der Waals surface area (Å²) in [6, 6.07) is 13.6. The van der Waals surface area contributed by atoms with Crippen molar-refractivity contribution < 1.29 is 13.2 Å². The van der Waals surface area contributed by atoms with Crippen LogP contribution in [-0.2, 0) is 0 Å². The molecule has 0 atom stereocenters. The summed E-state index contributed by atoms with van der Waals surface area (Å²) in [5, 5.41) is 8.60. The second-order valence-corrected chi connectivity index (χ2v) is 6.52. The predicted molar refractivity (Wildman–Crippen MR) is 101 cm³/mol. The van der Waals surface area contributed by atoms with Gasteiger partial charge in [0, 0.05) is 11.8 Å². The van der Waals surface area contributed by atoms with E-state index < -0.39 is 0 Å². The summed E-state index contributed by atoms with van der Waals surface area (Å²) in [6.45, 7) is 3.75. The molecule has 0 N–H and O–H groups in total. The number of aromatic nitrogens is 4. The molecular formula is C21H15FN4O2. The molecule has 5 aromatic rings. The van der Waals surface area contributed by atoms with Crippen molar-refractivity contribution in [2.24, 2.45) is 0 Å². The Morgan fingerprint density at radius 3 is 2.14 bits per heavy atom. The highest BCUT2D eigenvalue weighted by atomic mass is 19.1. The van der Waals surface area contributed by atoms with Gasteiger partial charge in [-0.2, -0.15) is 0 Å². The fourth-order valence-electron chi connectivity index (χ4n) is 3.15. The molecule has 138 valence electrons. The molecule has 0 saturated heterocycles. The summed E-state index contributed by atoms with van der Waals surface area (Å²) in [5.41, 5.74) is 2.68. The predicted octanol–water partition coefficient (Wildman–Crippen LogP) is 5.07. The van der Waals surface area contributed by atoms with E-state index in [1.54, 1.807) is 12.1 Å². The maximum Gasteiger partial charge on any atom is 0.254 e. The fraction of sp³-hybridized carbons (Fsp3) is 0.0952. The third kappa shape index (κ3) is 2.68. The van der Waals surface area contributed by atoms with E-state index in [1.807, 2.05) is 48.7 Å². The first-order chi connectivity index (χ1) is 13.6. The molecule has 28 heavy (non-hydrogen) atoms. The minimum atomic E-state index is -0.297. The summed E-state index contributed by atoms with van der Waals surface area (Å²) in [7, 11) is 0. The van der Waals surface area contributed by atoms with Gasteiger partial charge in [0.05, 0.1) is 5.69 Å². The van der Waals surface area contributed by atoms with Crippen LogP contribution in [0.15, 0.2) is 63.6 Å². The van der Waals surface area contributed by atoms with Crippen LogP contribution in [0.3, 0.4) is 0 Å². The van der Waals surface area contributed by atoms with Gasteiger partial charge < -0.3 is 8.83 Å². The molecule has 0 saturated carbocycles. The Labute approximate surface area is 159 Å². The lowest BCUT2D eigenvalue weighted by atomic mass is 10.2. The summed E-state index contributed by atoms with van der Waals surface area (Å²) in [4.78, 5) is 4.54. The average Bonchev–Trinajstić information content (AvgIpc) is 3.41. The van der Waals surface area contributed by atoms with Gasteiger partial charge in [0.15, 0.2) is 17.2 Å². The first kappa shape index (κ1) is 16.4. The summed E-state index contributed by atoms with van der Waals surface area (Å²) < 4.78 is 26.7. The van der Waals surface area contributed by atoms with Crippen molar-refractivity contribution in [1.29, 1.82) is 0 Å². The van der Waals surface area contributed by atoms with E-state index in [9.17, 15) is 4.39 Å². The summed E-state index contributed by atoms with van der Waals surface area (Å²) >= 11 is 0. The Morgan fingerprint density at radius 1 is 0.821 bits per heavy atom. The number of benzene rings is 1. The average molecular weight is 374 g/mol. The Bertz CT molecular complexity index is 1300. The van der Waals surface area contributed by atoms with Crippen LogP contribution in [0.2, 0.25) is 0 Å². The molecule has 0 unspecified atom stereocenters. The highest BCUT2D eigenvalue weighted by molar-refractivity contribution is 5.75. The van der Waals surface area contributed by atoms with E-state index in [2.05, 4.69) is 15.2 Å². The fourth-order valence-corrected chi connectivity index (χ4v) is 3.15. The van der Waals surface area contributed by atoms with Crippen molar-refractivity contribution in [3.8, 4) is 34.2 Å². The zero-order valence-corrected chi connectivity index (χ0v) is 15.2. The van der Waals surface area contributed by atoms with Crippen LogP contribution < -0.4 is 0 Å². The lowest BCUT2D eigenvalue weighted by molar-refractivity contribution is 0.537. The number of imidazole rings is 1. The third-order valence-electron chi connectivity index (χ3n) is 4.48. The van der Waals surface area contributed by atoms with E-state index in [-0.39, 0.29) is 5.82 Å². The number of nitrogens with zero attached hydrogens (tertiary/aromatic N) is 4. The Kier molecular flexibility index (Phi) is 3.61.